The van der Waals surface area contributed by atoms with Crippen molar-refractivity contribution in [3.05, 3.63) is 88.9 Å². The molecule has 0 bridgehead atoms. The molecule has 0 aromatic heterocycles. The van der Waals surface area contributed by atoms with E-state index in [9.17, 15) is 14.4 Å². The van der Waals surface area contributed by atoms with Gasteiger partial charge < -0.3 is 5.11 Å². The standard InChI is InChI=1S/C25H20ClN3O4/c26-20-13-11-18(12-14-20)17-7-9-19(10-8-17)23(30)16-29(15-3-6-24(31)32)25(33)21-4-1-2-5-22(21)27-28-29/h1-2,4-5,7-14H,3,6,15-16H2/p+1. The van der Waals surface area contributed by atoms with Gasteiger partial charge in [-0.15, -0.1) is 4.59 Å². The van der Waals surface area contributed by atoms with Crippen LogP contribution in [0, 0.1) is 0 Å². The van der Waals surface area contributed by atoms with Crippen LogP contribution < -0.4 is 0 Å². The fraction of sp³-hybridized carbons (Fsp3) is 0.160. The van der Waals surface area contributed by atoms with Crippen molar-refractivity contribution in [3.63, 3.8) is 0 Å². The number of halogens is 1. The molecule has 0 aliphatic carbocycles. The number of carbonyl (C=O) groups excluding carboxylic acids is 2. The average Bonchev–Trinajstić information content (AvgIpc) is 2.82. The Bertz CT molecular complexity index is 1240. The van der Waals surface area contributed by atoms with Gasteiger partial charge >= 0.3 is 11.9 Å². The zero-order chi connectivity index (χ0) is 23.4. The molecule has 1 unspecified atom stereocenters. The van der Waals surface area contributed by atoms with Crippen LogP contribution in [0.15, 0.2) is 83.1 Å². The number of carbonyl (C=O) groups is 3. The second kappa shape index (κ2) is 9.44. The second-order valence-corrected chi connectivity index (χ2v) is 8.26. The fourth-order valence-corrected chi connectivity index (χ4v) is 3.91. The van der Waals surface area contributed by atoms with E-state index >= 15 is 0 Å². The number of fused-ring (bicyclic) bond motifs is 1. The molecule has 1 atom stereocenters. The molecule has 3 aromatic rings. The number of hydrogen-bond acceptors (Lipinski definition) is 5. The minimum atomic E-state index is -0.973. The predicted molar refractivity (Wildman–Crippen MR) is 123 cm³/mol. The van der Waals surface area contributed by atoms with Crippen LogP contribution in [-0.4, -0.2) is 40.4 Å². The first-order valence-corrected chi connectivity index (χ1v) is 10.8. The lowest BCUT2D eigenvalue weighted by atomic mass is 10.0. The first-order valence-electron chi connectivity index (χ1n) is 10.4. The van der Waals surface area contributed by atoms with Crippen LogP contribution in [0.2, 0.25) is 5.02 Å². The highest BCUT2D eigenvalue weighted by Gasteiger charge is 2.45. The van der Waals surface area contributed by atoms with Crippen LogP contribution in [-0.2, 0) is 4.79 Å². The van der Waals surface area contributed by atoms with Gasteiger partial charge in [0.25, 0.3) is 0 Å². The molecule has 0 spiro atoms. The Hall–Kier alpha value is -3.68. The predicted octanol–water partition coefficient (Wildman–Crippen LogP) is 5.72. The summed E-state index contributed by atoms with van der Waals surface area (Å²) in [7, 11) is 0. The minimum absolute atomic E-state index is 0.0670. The highest BCUT2D eigenvalue weighted by molar-refractivity contribution is 6.30. The van der Waals surface area contributed by atoms with Gasteiger partial charge in [-0.1, -0.05) is 65.2 Å². The first kappa shape index (κ1) is 22.5. The summed E-state index contributed by atoms with van der Waals surface area (Å²) >= 11 is 5.95. The summed E-state index contributed by atoms with van der Waals surface area (Å²) in [6.07, 6.45) is 0.0550. The van der Waals surface area contributed by atoms with Crippen molar-refractivity contribution in [1.82, 2.24) is 0 Å². The summed E-state index contributed by atoms with van der Waals surface area (Å²) in [6.45, 7) is -0.172. The van der Waals surface area contributed by atoms with Crippen LogP contribution in [0.1, 0.15) is 33.6 Å². The van der Waals surface area contributed by atoms with Crippen molar-refractivity contribution in [3.8, 4) is 11.1 Å². The molecule has 0 saturated heterocycles. The van der Waals surface area contributed by atoms with Gasteiger partial charge in [-0.05, 0) is 35.4 Å². The van der Waals surface area contributed by atoms with E-state index in [1.54, 1.807) is 48.5 Å². The van der Waals surface area contributed by atoms with E-state index in [1.807, 2.05) is 24.3 Å². The van der Waals surface area contributed by atoms with E-state index in [0.29, 0.717) is 21.8 Å². The Morgan fingerprint density at radius 1 is 0.909 bits per heavy atom. The zero-order valence-corrected chi connectivity index (χ0v) is 18.4. The molecule has 33 heavy (non-hydrogen) atoms. The summed E-state index contributed by atoms with van der Waals surface area (Å²) in [5.41, 5.74) is 3.14. The molecule has 166 valence electrons. The minimum Gasteiger partial charge on any atom is -0.481 e. The molecule has 0 radical (unpaired) electrons. The molecule has 1 amide bonds. The summed E-state index contributed by atoms with van der Waals surface area (Å²) in [5, 5.41) is 18.0. The number of benzene rings is 3. The molecule has 1 N–H and O–H groups in total. The monoisotopic (exact) mass is 462 g/mol. The fourth-order valence-electron chi connectivity index (χ4n) is 3.78. The number of aliphatic carboxylic acids is 1. The van der Waals surface area contributed by atoms with Crippen LogP contribution >= 0.6 is 11.6 Å². The Kier molecular flexibility index (Phi) is 6.44. The number of ketones is 1. The van der Waals surface area contributed by atoms with Gasteiger partial charge in [-0.25, -0.2) is 4.79 Å². The van der Waals surface area contributed by atoms with Gasteiger partial charge in [-0.2, -0.15) is 0 Å². The maximum absolute atomic E-state index is 13.4. The highest BCUT2D eigenvalue weighted by atomic mass is 35.5. The number of nitrogens with zero attached hydrogens (tertiary/aromatic N) is 3. The van der Waals surface area contributed by atoms with E-state index in [2.05, 4.69) is 10.3 Å². The van der Waals surface area contributed by atoms with Gasteiger partial charge in [0.15, 0.2) is 6.54 Å². The number of hydrogen-bond donors (Lipinski definition) is 1. The van der Waals surface area contributed by atoms with Crippen molar-refractivity contribution in [2.75, 3.05) is 13.1 Å². The summed E-state index contributed by atoms with van der Waals surface area (Å²) in [6, 6.07) is 21.3. The summed E-state index contributed by atoms with van der Waals surface area (Å²) in [5.74, 6) is -1.61. The average molecular weight is 463 g/mol. The lowest BCUT2D eigenvalue weighted by Gasteiger charge is -2.29. The number of carboxylic acids is 1. The Labute approximate surface area is 195 Å². The van der Waals surface area contributed by atoms with Gasteiger partial charge in [-0.3, -0.25) is 9.59 Å². The van der Waals surface area contributed by atoms with Crippen LogP contribution in [0.5, 0.6) is 0 Å². The molecule has 8 heteroatoms. The normalized spacial score (nSPS) is 16.9. The third kappa shape index (κ3) is 4.89. The van der Waals surface area contributed by atoms with E-state index in [4.69, 9.17) is 16.7 Å². The second-order valence-electron chi connectivity index (χ2n) is 7.82. The SMILES string of the molecule is O=C(O)CCC[N+]1(CC(=O)c2ccc(-c3ccc(Cl)cc3)cc2)N=Nc2ccccc2C1=O. The van der Waals surface area contributed by atoms with Crippen LogP contribution in [0.3, 0.4) is 0 Å². The number of rotatable bonds is 8. The van der Waals surface area contributed by atoms with E-state index in [1.165, 1.54) is 0 Å². The molecular formula is C25H21ClN3O4+. The molecule has 1 aliphatic heterocycles. The van der Waals surface area contributed by atoms with Gasteiger partial charge in [0.2, 0.25) is 5.78 Å². The molecule has 3 aromatic carbocycles. The molecule has 7 nitrogen and oxygen atoms in total. The first-order chi connectivity index (χ1) is 15.9. The Balaban J connectivity index is 1.58. The quantitative estimate of drug-likeness (QED) is 0.342. The van der Waals surface area contributed by atoms with Gasteiger partial charge in [0, 0.05) is 22.2 Å². The lowest BCUT2D eigenvalue weighted by molar-refractivity contribution is -0.853. The Morgan fingerprint density at radius 3 is 2.21 bits per heavy atom. The van der Waals surface area contributed by atoms with Crippen LogP contribution in [0.4, 0.5) is 5.69 Å². The largest absolute Gasteiger partial charge is 0.481 e. The van der Waals surface area contributed by atoms with Gasteiger partial charge in [0.05, 0.1) is 6.42 Å². The molecular weight excluding hydrogens is 442 g/mol. The zero-order valence-electron chi connectivity index (χ0n) is 17.6. The lowest BCUT2D eigenvalue weighted by Crippen LogP contribution is -2.52. The van der Waals surface area contributed by atoms with E-state index in [-0.39, 0.29) is 37.6 Å². The van der Waals surface area contributed by atoms with Crippen molar-refractivity contribution in [1.29, 1.82) is 0 Å². The van der Waals surface area contributed by atoms with Crippen molar-refractivity contribution < 1.29 is 24.1 Å². The van der Waals surface area contributed by atoms with Gasteiger partial charge in [0.1, 0.15) is 17.8 Å². The van der Waals surface area contributed by atoms with E-state index < -0.39 is 10.6 Å². The maximum atomic E-state index is 13.4. The number of carboxylic acid groups (broad SMARTS) is 1. The molecule has 1 aliphatic rings. The maximum Gasteiger partial charge on any atom is 0.376 e. The van der Waals surface area contributed by atoms with Crippen LogP contribution in [0.25, 0.3) is 11.1 Å². The molecule has 0 fully saturated rings. The third-order valence-corrected chi connectivity index (χ3v) is 5.80. The number of amides is 1. The van der Waals surface area contributed by atoms with E-state index in [0.717, 1.165) is 11.1 Å². The summed E-state index contributed by atoms with van der Waals surface area (Å²) in [4.78, 5) is 37.5. The highest BCUT2D eigenvalue weighted by Crippen LogP contribution is 2.32. The van der Waals surface area contributed by atoms with Crippen molar-refractivity contribution in [2.24, 2.45) is 10.3 Å². The topological polar surface area (TPSA) is 96.2 Å². The number of quaternary nitrogens is 1. The van der Waals surface area contributed by atoms with Crippen molar-refractivity contribution in [2.45, 2.75) is 12.8 Å². The van der Waals surface area contributed by atoms with Crippen molar-refractivity contribution >= 4 is 34.9 Å². The Morgan fingerprint density at radius 2 is 1.55 bits per heavy atom. The number of Topliss-reactive ketones (excluding diaryl/α,β-unsaturated/α-hetero) is 1. The third-order valence-electron chi connectivity index (χ3n) is 5.54. The summed E-state index contributed by atoms with van der Waals surface area (Å²) < 4.78 is -0.581. The molecule has 0 saturated carbocycles. The smallest absolute Gasteiger partial charge is 0.376 e. The molecule has 4 rings (SSSR count). The molecule has 1 heterocycles.